The topological polar surface area (TPSA) is 69.2 Å². The molecule has 0 bridgehead atoms. The summed E-state index contributed by atoms with van der Waals surface area (Å²) in [6, 6.07) is 11.4. The summed E-state index contributed by atoms with van der Waals surface area (Å²) < 4.78 is 0. The fraction of sp³-hybridized carbons (Fsp3) is 0.267. The maximum absolute atomic E-state index is 10.6. The second-order valence-electron chi connectivity index (χ2n) is 4.47. The smallest absolute Gasteiger partial charge is 0.550 e. The van der Waals surface area contributed by atoms with E-state index in [1.54, 1.807) is 12.4 Å². The van der Waals surface area contributed by atoms with Crippen molar-refractivity contribution in [2.45, 2.75) is 19.5 Å². The number of carbonyl (C=O) groups is 1. The molecule has 0 aromatic carbocycles. The van der Waals surface area contributed by atoms with Crippen LogP contribution in [0.15, 0.2) is 48.8 Å². The maximum Gasteiger partial charge on any atom is 1.00 e. The molecule has 2 rings (SSSR count). The summed E-state index contributed by atoms with van der Waals surface area (Å²) in [6.45, 7) is 1.59. The van der Waals surface area contributed by atoms with Gasteiger partial charge in [-0.2, -0.15) is 0 Å². The van der Waals surface area contributed by atoms with Gasteiger partial charge in [0.1, 0.15) is 0 Å². The minimum Gasteiger partial charge on any atom is -0.550 e. The van der Waals surface area contributed by atoms with Crippen molar-refractivity contribution in [3.63, 3.8) is 0 Å². The van der Waals surface area contributed by atoms with Gasteiger partial charge in [-0.05, 0) is 30.7 Å². The van der Waals surface area contributed by atoms with Crippen LogP contribution >= 0.6 is 0 Å². The van der Waals surface area contributed by atoms with E-state index in [0.29, 0.717) is 19.6 Å². The summed E-state index contributed by atoms with van der Waals surface area (Å²) in [6.07, 6.45) is 3.46. The van der Waals surface area contributed by atoms with Crippen LogP contribution in [0.3, 0.4) is 0 Å². The normalized spacial score (nSPS) is 10.1. The number of rotatable bonds is 7. The Kier molecular flexibility index (Phi) is 7.69. The molecule has 0 aliphatic heterocycles. The van der Waals surface area contributed by atoms with Crippen molar-refractivity contribution in [1.82, 2.24) is 14.9 Å². The van der Waals surface area contributed by atoms with Crippen LogP contribution < -0.4 is 24.0 Å². The summed E-state index contributed by atoms with van der Waals surface area (Å²) in [4.78, 5) is 21.2. The van der Waals surface area contributed by atoms with Gasteiger partial charge in [-0.3, -0.25) is 14.9 Å². The standard InChI is InChI=1S/C15H17N3O2.Li/c19-15(20)7-10-18(11-13-5-1-3-8-16-13)12-14-6-2-4-9-17-14;/h1-6,8-9H,7,10-12H2,(H,19,20);/q;+1/p-1. The van der Waals surface area contributed by atoms with E-state index in [1.807, 2.05) is 41.3 Å². The Morgan fingerprint density at radius 3 is 1.90 bits per heavy atom. The molecule has 6 heteroatoms. The minimum atomic E-state index is -1.04. The average Bonchev–Trinajstić information content (AvgIpc) is 2.47. The molecule has 0 aliphatic rings. The SMILES string of the molecule is O=C([O-])CCN(Cc1ccccn1)Cc1ccccn1.[Li+]. The van der Waals surface area contributed by atoms with E-state index in [4.69, 9.17) is 0 Å². The number of pyridine rings is 2. The monoisotopic (exact) mass is 277 g/mol. The van der Waals surface area contributed by atoms with Crippen molar-refractivity contribution in [2.75, 3.05) is 6.54 Å². The van der Waals surface area contributed by atoms with Gasteiger partial charge in [0.05, 0.1) is 11.4 Å². The van der Waals surface area contributed by atoms with Crippen molar-refractivity contribution >= 4 is 5.97 Å². The molecule has 0 amide bonds. The first-order valence-corrected chi connectivity index (χ1v) is 6.46. The first-order valence-electron chi connectivity index (χ1n) is 6.46. The molecule has 0 N–H and O–H groups in total. The maximum atomic E-state index is 10.6. The quantitative estimate of drug-likeness (QED) is 0.529. The van der Waals surface area contributed by atoms with Gasteiger partial charge in [-0.15, -0.1) is 0 Å². The zero-order chi connectivity index (χ0) is 14.2. The predicted molar refractivity (Wildman–Crippen MR) is 72.2 cm³/mol. The van der Waals surface area contributed by atoms with Crippen molar-refractivity contribution in [3.05, 3.63) is 60.2 Å². The minimum absolute atomic E-state index is 0. The summed E-state index contributed by atoms with van der Waals surface area (Å²) >= 11 is 0. The number of aromatic nitrogens is 2. The molecule has 0 saturated heterocycles. The van der Waals surface area contributed by atoms with Crippen LogP contribution in [0.2, 0.25) is 0 Å². The first kappa shape index (κ1) is 17.4. The molecule has 21 heavy (non-hydrogen) atoms. The Morgan fingerprint density at radius 2 is 1.52 bits per heavy atom. The molecule has 0 atom stereocenters. The van der Waals surface area contributed by atoms with Crippen LogP contribution in [-0.4, -0.2) is 27.4 Å². The third kappa shape index (κ3) is 6.54. The molecule has 0 fully saturated rings. The third-order valence-corrected chi connectivity index (χ3v) is 2.86. The fourth-order valence-electron chi connectivity index (χ4n) is 1.90. The van der Waals surface area contributed by atoms with Gasteiger partial charge in [0.2, 0.25) is 0 Å². The Morgan fingerprint density at radius 1 is 1.00 bits per heavy atom. The van der Waals surface area contributed by atoms with Gasteiger partial charge < -0.3 is 9.90 Å². The van der Waals surface area contributed by atoms with Crippen LogP contribution in [0.4, 0.5) is 0 Å². The van der Waals surface area contributed by atoms with E-state index in [-0.39, 0.29) is 25.3 Å². The Labute approximate surface area is 136 Å². The van der Waals surface area contributed by atoms with Crippen LogP contribution in [0.5, 0.6) is 0 Å². The second-order valence-corrected chi connectivity index (χ2v) is 4.47. The molecule has 104 valence electrons. The number of aliphatic carboxylic acids is 1. The van der Waals surface area contributed by atoms with Crippen LogP contribution in [0.25, 0.3) is 0 Å². The molecule has 2 aromatic rings. The van der Waals surface area contributed by atoms with Crippen LogP contribution in [0, 0.1) is 0 Å². The molecule has 2 aromatic heterocycles. The summed E-state index contributed by atoms with van der Waals surface area (Å²) in [7, 11) is 0. The molecular weight excluding hydrogens is 261 g/mol. The molecule has 5 nitrogen and oxygen atoms in total. The molecule has 0 radical (unpaired) electrons. The van der Waals surface area contributed by atoms with Crippen molar-refractivity contribution in [2.24, 2.45) is 0 Å². The number of carboxylic acid groups (broad SMARTS) is 1. The first-order chi connectivity index (χ1) is 9.74. The molecule has 2 heterocycles. The van der Waals surface area contributed by atoms with E-state index >= 15 is 0 Å². The Bertz CT molecular complexity index is 496. The van der Waals surface area contributed by atoms with Gasteiger partial charge in [-0.1, -0.05) is 12.1 Å². The average molecular weight is 277 g/mol. The Hall–Kier alpha value is -1.67. The van der Waals surface area contributed by atoms with Crippen LogP contribution in [-0.2, 0) is 17.9 Å². The number of hydrogen-bond donors (Lipinski definition) is 0. The van der Waals surface area contributed by atoms with E-state index in [9.17, 15) is 9.90 Å². The van der Waals surface area contributed by atoms with Crippen LogP contribution in [0.1, 0.15) is 17.8 Å². The summed E-state index contributed by atoms with van der Waals surface area (Å²) in [5.74, 6) is -1.04. The fourth-order valence-corrected chi connectivity index (χ4v) is 1.90. The molecule has 0 spiro atoms. The summed E-state index contributed by atoms with van der Waals surface area (Å²) in [5, 5.41) is 10.6. The van der Waals surface area contributed by atoms with Crippen molar-refractivity contribution < 1.29 is 28.8 Å². The second kappa shape index (κ2) is 9.30. The molecular formula is C15H16LiN3O2. The predicted octanol–water partition coefficient (Wildman–Crippen LogP) is -2.38. The van der Waals surface area contributed by atoms with E-state index < -0.39 is 5.97 Å². The van der Waals surface area contributed by atoms with E-state index in [2.05, 4.69) is 9.97 Å². The summed E-state index contributed by atoms with van der Waals surface area (Å²) in [5.41, 5.74) is 1.81. The van der Waals surface area contributed by atoms with E-state index in [1.165, 1.54) is 0 Å². The van der Waals surface area contributed by atoms with Gasteiger partial charge in [0.15, 0.2) is 0 Å². The number of carbonyl (C=O) groups excluding carboxylic acids is 1. The number of nitrogens with zero attached hydrogens (tertiary/aromatic N) is 3. The van der Waals surface area contributed by atoms with Crippen molar-refractivity contribution in [1.29, 1.82) is 0 Å². The largest absolute Gasteiger partial charge is 1.00 e. The third-order valence-electron chi connectivity index (χ3n) is 2.86. The van der Waals surface area contributed by atoms with Gasteiger partial charge in [0, 0.05) is 38.0 Å². The van der Waals surface area contributed by atoms with E-state index in [0.717, 1.165) is 11.4 Å². The number of carboxylic acids is 1. The molecule has 0 saturated carbocycles. The zero-order valence-electron chi connectivity index (χ0n) is 12.1. The van der Waals surface area contributed by atoms with Gasteiger partial charge in [-0.25, -0.2) is 0 Å². The number of hydrogen-bond acceptors (Lipinski definition) is 5. The van der Waals surface area contributed by atoms with Gasteiger partial charge in [0.25, 0.3) is 0 Å². The van der Waals surface area contributed by atoms with Crippen molar-refractivity contribution in [3.8, 4) is 0 Å². The van der Waals surface area contributed by atoms with Gasteiger partial charge >= 0.3 is 18.9 Å². The molecule has 0 unspecified atom stereocenters. The molecule has 0 aliphatic carbocycles. The Balaban J connectivity index is 0.00000220. The zero-order valence-corrected chi connectivity index (χ0v) is 12.1.